The molecule has 3 aromatic carbocycles. The number of carbonyl (C=O) groups is 2. The second-order valence-corrected chi connectivity index (χ2v) is 13.0. The van der Waals surface area contributed by atoms with Crippen molar-refractivity contribution in [1.29, 1.82) is 0 Å². The van der Waals surface area contributed by atoms with Crippen LogP contribution in [-0.4, -0.2) is 57.6 Å². The van der Waals surface area contributed by atoms with Gasteiger partial charge in [0, 0.05) is 56.7 Å². The number of benzene rings is 3. The largest absolute Gasteiger partial charge is 0.494 e. The lowest BCUT2D eigenvalue weighted by Gasteiger charge is -2.32. The average molecular weight is 619 g/mol. The monoisotopic (exact) mass is 618 g/mol. The van der Waals surface area contributed by atoms with Gasteiger partial charge in [0.25, 0.3) is 5.91 Å². The number of fused-ring (bicyclic) bond motifs is 2. The quantitative estimate of drug-likeness (QED) is 0.220. The molecule has 1 aliphatic carbocycles. The maximum atomic E-state index is 13.7. The van der Waals surface area contributed by atoms with Crippen molar-refractivity contribution < 1.29 is 14.3 Å². The predicted molar refractivity (Wildman–Crippen MR) is 182 cm³/mol. The van der Waals surface area contributed by atoms with Crippen molar-refractivity contribution in [2.45, 2.75) is 45.7 Å². The van der Waals surface area contributed by atoms with Gasteiger partial charge in [0.05, 0.1) is 23.8 Å². The first-order chi connectivity index (χ1) is 22.3. The molecule has 1 saturated heterocycles. The van der Waals surface area contributed by atoms with Crippen LogP contribution in [-0.2, 0) is 24.9 Å². The van der Waals surface area contributed by atoms with E-state index in [1.807, 2.05) is 24.1 Å². The van der Waals surface area contributed by atoms with E-state index >= 15 is 0 Å². The first-order valence-corrected chi connectivity index (χ1v) is 16.3. The van der Waals surface area contributed by atoms with Crippen LogP contribution >= 0.6 is 0 Å². The van der Waals surface area contributed by atoms with Crippen LogP contribution in [0.4, 0.5) is 0 Å². The van der Waals surface area contributed by atoms with E-state index in [1.165, 1.54) is 25.3 Å². The standard InChI is InChI=1S/C37H42N6O3/c1-23(44)39-20-24-11-13-27(14-12-24)30-8-4-7-28-17-32(43(34(28)30)22-25-9-10-25)36-40-31-16-29(18-33(46-3)35(31)41(36)2)37(45)42-15-5-6-26(19-38)21-42/h4,7-8,11-14,16-18,25-26H,5-6,9-10,15,19-22,38H2,1-3H3,(H,39,44)/t26-/m0/s1. The van der Waals surface area contributed by atoms with E-state index in [1.54, 1.807) is 7.11 Å². The predicted octanol–water partition coefficient (Wildman–Crippen LogP) is 5.73. The van der Waals surface area contributed by atoms with Crippen LogP contribution in [0.15, 0.2) is 60.7 Å². The minimum atomic E-state index is -0.0377. The lowest BCUT2D eigenvalue weighted by molar-refractivity contribution is -0.119. The average Bonchev–Trinajstić information content (AvgIpc) is 3.75. The third-order valence-electron chi connectivity index (χ3n) is 9.63. The number of aromatic nitrogens is 3. The summed E-state index contributed by atoms with van der Waals surface area (Å²) in [5, 5.41) is 4.03. The number of nitrogens with two attached hydrogens (primary N) is 1. The van der Waals surface area contributed by atoms with Crippen molar-refractivity contribution >= 4 is 33.8 Å². The molecule has 2 amide bonds. The van der Waals surface area contributed by atoms with Gasteiger partial charge in [-0.1, -0.05) is 42.5 Å². The maximum Gasteiger partial charge on any atom is 0.254 e. The van der Waals surface area contributed by atoms with Gasteiger partial charge in [-0.2, -0.15) is 0 Å². The molecule has 0 spiro atoms. The molecule has 0 bridgehead atoms. The molecule has 0 radical (unpaired) electrons. The molecule has 1 atom stereocenters. The van der Waals surface area contributed by atoms with Crippen molar-refractivity contribution in [2.24, 2.45) is 24.6 Å². The van der Waals surface area contributed by atoms with Gasteiger partial charge in [0.2, 0.25) is 5.91 Å². The van der Waals surface area contributed by atoms with Gasteiger partial charge < -0.3 is 29.8 Å². The first kappa shape index (κ1) is 30.0. The van der Waals surface area contributed by atoms with E-state index < -0.39 is 0 Å². The Morgan fingerprint density at radius 1 is 1.02 bits per heavy atom. The molecular weight excluding hydrogens is 576 g/mol. The number of nitrogens with one attached hydrogen (secondary N) is 1. The highest BCUT2D eigenvalue weighted by Gasteiger charge is 2.29. The topological polar surface area (TPSA) is 107 Å². The van der Waals surface area contributed by atoms with Gasteiger partial charge >= 0.3 is 0 Å². The number of hydrogen-bond donors (Lipinski definition) is 2. The molecule has 238 valence electrons. The van der Waals surface area contributed by atoms with Crippen LogP contribution in [0.25, 0.3) is 44.6 Å². The lowest BCUT2D eigenvalue weighted by atomic mass is 9.97. The smallest absolute Gasteiger partial charge is 0.254 e. The third kappa shape index (κ3) is 5.64. The van der Waals surface area contributed by atoms with Crippen molar-refractivity contribution in [1.82, 2.24) is 24.3 Å². The first-order valence-electron chi connectivity index (χ1n) is 16.3. The van der Waals surface area contributed by atoms with Gasteiger partial charge in [0.1, 0.15) is 11.3 Å². The summed E-state index contributed by atoms with van der Waals surface area (Å²) in [5.41, 5.74) is 13.7. The molecule has 3 N–H and O–H groups in total. The number of aryl methyl sites for hydroxylation is 1. The SMILES string of the molecule is COc1cc(C(=O)N2CCC[C@@H](CN)C2)cc2nc(-c3cc4cccc(-c5ccc(CNC(C)=O)cc5)c4n3CC3CC3)n(C)c12. The van der Waals surface area contributed by atoms with Crippen molar-refractivity contribution in [2.75, 3.05) is 26.7 Å². The fourth-order valence-corrected chi connectivity index (χ4v) is 6.96. The van der Waals surface area contributed by atoms with E-state index in [0.717, 1.165) is 70.6 Å². The Morgan fingerprint density at radius 3 is 2.54 bits per heavy atom. The van der Waals surface area contributed by atoms with Crippen LogP contribution in [0.1, 0.15) is 48.5 Å². The molecule has 1 aliphatic heterocycles. The summed E-state index contributed by atoms with van der Waals surface area (Å²) < 4.78 is 10.4. The van der Waals surface area contributed by atoms with Crippen molar-refractivity contribution in [3.05, 3.63) is 71.8 Å². The molecular formula is C37H42N6O3. The Bertz CT molecular complexity index is 1930. The van der Waals surface area contributed by atoms with E-state index in [0.29, 0.717) is 42.8 Å². The minimum Gasteiger partial charge on any atom is -0.494 e. The Labute approximate surface area is 269 Å². The number of rotatable bonds is 9. The minimum absolute atomic E-state index is 0.00105. The number of amides is 2. The number of imidazole rings is 1. The second-order valence-electron chi connectivity index (χ2n) is 13.0. The van der Waals surface area contributed by atoms with Gasteiger partial charge in [-0.05, 0) is 73.4 Å². The zero-order valence-electron chi connectivity index (χ0n) is 26.9. The van der Waals surface area contributed by atoms with E-state index in [2.05, 4.69) is 63.0 Å². The number of likely N-dealkylation sites (tertiary alicyclic amines) is 1. The molecule has 9 heteroatoms. The number of piperidine rings is 1. The van der Waals surface area contributed by atoms with Crippen LogP contribution in [0.2, 0.25) is 0 Å². The Kier molecular flexibility index (Phi) is 8.02. The van der Waals surface area contributed by atoms with Gasteiger partial charge in [-0.25, -0.2) is 4.98 Å². The molecule has 2 aliphatic rings. The van der Waals surface area contributed by atoms with Crippen LogP contribution in [0.3, 0.4) is 0 Å². The zero-order chi connectivity index (χ0) is 31.9. The highest BCUT2D eigenvalue weighted by Crippen LogP contribution is 2.40. The number of nitrogens with zero attached hydrogens (tertiary/aromatic N) is 4. The molecule has 3 heterocycles. The zero-order valence-corrected chi connectivity index (χ0v) is 26.9. The van der Waals surface area contributed by atoms with Gasteiger partial charge in [-0.3, -0.25) is 9.59 Å². The summed E-state index contributed by atoms with van der Waals surface area (Å²) in [6, 6.07) is 20.9. The fourth-order valence-electron chi connectivity index (χ4n) is 6.96. The number of ether oxygens (including phenoxy) is 1. The highest BCUT2D eigenvalue weighted by molar-refractivity contribution is 6.01. The third-order valence-corrected chi connectivity index (χ3v) is 9.63. The summed E-state index contributed by atoms with van der Waals surface area (Å²) >= 11 is 0. The number of para-hydroxylation sites is 1. The molecule has 2 aromatic heterocycles. The Morgan fingerprint density at radius 2 is 1.83 bits per heavy atom. The summed E-state index contributed by atoms with van der Waals surface area (Å²) in [4.78, 5) is 32.2. The van der Waals surface area contributed by atoms with E-state index in [-0.39, 0.29) is 11.8 Å². The van der Waals surface area contributed by atoms with Crippen molar-refractivity contribution in [3.63, 3.8) is 0 Å². The van der Waals surface area contributed by atoms with Crippen LogP contribution in [0, 0.1) is 11.8 Å². The summed E-state index contributed by atoms with van der Waals surface area (Å²) in [5.74, 6) is 2.42. The van der Waals surface area contributed by atoms with E-state index in [4.69, 9.17) is 15.5 Å². The molecule has 5 aromatic rings. The Hall–Kier alpha value is -4.63. The molecule has 0 unspecified atom stereocenters. The fraction of sp³-hybridized carbons (Fsp3) is 0.378. The van der Waals surface area contributed by atoms with Crippen molar-refractivity contribution in [3.8, 4) is 28.4 Å². The second kappa shape index (κ2) is 12.3. The molecule has 2 fully saturated rings. The summed E-state index contributed by atoms with van der Waals surface area (Å²) in [6.07, 6.45) is 4.48. The highest BCUT2D eigenvalue weighted by atomic mass is 16.5. The Balaban J connectivity index is 1.32. The summed E-state index contributed by atoms with van der Waals surface area (Å²) in [7, 11) is 3.68. The molecule has 1 saturated carbocycles. The number of carbonyl (C=O) groups excluding carboxylic acids is 2. The normalized spacial score (nSPS) is 16.7. The van der Waals surface area contributed by atoms with Crippen LogP contribution in [0.5, 0.6) is 5.75 Å². The molecule has 46 heavy (non-hydrogen) atoms. The van der Waals surface area contributed by atoms with E-state index in [9.17, 15) is 9.59 Å². The van der Waals surface area contributed by atoms with Crippen LogP contribution < -0.4 is 15.8 Å². The lowest BCUT2D eigenvalue weighted by Crippen LogP contribution is -2.42. The summed E-state index contributed by atoms with van der Waals surface area (Å²) in [6.45, 7) is 4.98. The van der Waals surface area contributed by atoms with Gasteiger partial charge in [0.15, 0.2) is 5.82 Å². The molecule has 7 rings (SSSR count). The number of hydrogen-bond acceptors (Lipinski definition) is 5. The number of methoxy groups -OCH3 is 1. The maximum absolute atomic E-state index is 13.7. The van der Waals surface area contributed by atoms with Gasteiger partial charge in [-0.15, -0.1) is 0 Å². The molecule has 9 nitrogen and oxygen atoms in total.